The maximum Gasteiger partial charge on any atom is 0.248 e. The van der Waals surface area contributed by atoms with Gasteiger partial charge in [-0.3, -0.25) is 9.59 Å². The summed E-state index contributed by atoms with van der Waals surface area (Å²) in [6, 6.07) is 6.72. The van der Waals surface area contributed by atoms with Crippen molar-refractivity contribution in [2.45, 2.75) is 0 Å². The average Bonchev–Trinajstić information content (AvgIpc) is 2.04. The van der Waals surface area contributed by atoms with E-state index in [4.69, 9.17) is 11.5 Å². The van der Waals surface area contributed by atoms with Gasteiger partial charge in [0.1, 0.15) is 0 Å². The van der Waals surface area contributed by atoms with Gasteiger partial charge in [-0.2, -0.15) is 0 Å². The van der Waals surface area contributed by atoms with Crippen LogP contribution in [-0.2, 0) is 0 Å². The van der Waals surface area contributed by atoms with Crippen LogP contribution >= 0.6 is 0 Å². The smallest absolute Gasteiger partial charge is 0.248 e. The summed E-state index contributed by atoms with van der Waals surface area (Å²) >= 11 is 0. The fourth-order valence-corrected chi connectivity index (χ4v) is 0.757. The number of carbonyl (C=O) groups is 2. The third-order valence-electron chi connectivity index (χ3n) is 1.36. The molecule has 0 aromatic heterocycles. The molecule has 4 nitrogen and oxygen atoms in total. The second-order valence-electron chi connectivity index (χ2n) is 2.24. The highest BCUT2D eigenvalue weighted by atomic mass is 16.1. The van der Waals surface area contributed by atoms with Crippen LogP contribution in [0.2, 0.25) is 0 Å². The van der Waals surface area contributed by atoms with Gasteiger partial charge in [0.05, 0.1) is 0 Å². The molecule has 0 atom stereocenters. The van der Waals surface area contributed by atoms with Crippen LogP contribution in [0.1, 0.15) is 20.7 Å². The van der Waals surface area contributed by atoms with Gasteiger partial charge in [0, 0.05) is 11.1 Å². The fourth-order valence-electron chi connectivity index (χ4n) is 0.757. The van der Waals surface area contributed by atoms with Crippen molar-refractivity contribution < 1.29 is 9.59 Å². The fraction of sp³-hybridized carbons (Fsp3) is 0. The molecule has 2 amide bonds. The van der Waals surface area contributed by atoms with Gasteiger partial charge in [0.15, 0.2) is 0 Å². The van der Waals surface area contributed by atoms with Crippen molar-refractivity contribution in [1.29, 1.82) is 0 Å². The number of nitrogens with two attached hydrogens (primary N) is 2. The quantitative estimate of drug-likeness (QED) is 0.626. The Bertz CT molecular complexity index is 304. The largest absolute Gasteiger partial charge is 0.366 e. The second-order valence-corrected chi connectivity index (χ2v) is 2.24. The molecular formula is C8H7N2O2. The molecule has 0 saturated heterocycles. The van der Waals surface area contributed by atoms with Gasteiger partial charge in [-0.15, -0.1) is 0 Å². The summed E-state index contributed by atoms with van der Waals surface area (Å²) < 4.78 is 0. The summed E-state index contributed by atoms with van der Waals surface area (Å²) in [5.41, 5.74) is 10.4. The maximum absolute atomic E-state index is 10.6. The van der Waals surface area contributed by atoms with E-state index >= 15 is 0 Å². The van der Waals surface area contributed by atoms with Crippen molar-refractivity contribution in [3.05, 3.63) is 35.4 Å². The topological polar surface area (TPSA) is 86.2 Å². The van der Waals surface area contributed by atoms with Gasteiger partial charge in [-0.25, -0.2) is 0 Å². The minimum absolute atomic E-state index is 0.228. The summed E-state index contributed by atoms with van der Waals surface area (Å²) in [7, 11) is 0. The van der Waals surface area contributed by atoms with E-state index in [2.05, 4.69) is 6.07 Å². The van der Waals surface area contributed by atoms with Gasteiger partial charge in [-0.05, 0) is 24.3 Å². The third-order valence-corrected chi connectivity index (χ3v) is 1.36. The molecule has 0 heterocycles. The van der Waals surface area contributed by atoms with E-state index in [9.17, 15) is 9.59 Å². The molecule has 0 aliphatic heterocycles. The first-order chi connectivity index (χ1) is 5.61. The van der Waals surface area contributed by atoms with E-state index in [1.165, 1.54) is 18.2 Å². The SMILES string of the molecule is NC(=O)c1c[c]cc(C(N)=O)c1. The Kier molecular flexibility index (Phi) is 2.09. The Balaban J connectivity index is 3.12. The Hall–Kier alpha value is -1.84. The zero-order chi connectivity index (χ0) is 9.14. The van der Waals surface area contributed by atoms with Gasteiger partial charge in [-0.1, -0.05) is 0 Å². The molecule has 0 unspecified atom stereocenters. The Labute approximate surface area is 69.2 Å². The zero-order valence-electron chi connectivity index (χ0n) is 6.20. The molecule has 1 aromatic carbocycles. The van der Waals surface area contributed by atoms with E-state index in [0.717, 1.165) is 0 Å². The molecule has 1 aromatic rings. The summed E-state index contributed by atoms with van der Waals surface area (Å²) in [5, 5.41) is 0. The number of primary amides is 2. The van der Waals surface area contributed by atoms with E-state index in [0.29, 0.717) is 0 Å². The number of rotatable bonds is 2. The molecule has 0 saturated carbocycles. The Morgan fingerprint density at radius 1 is 1.08 bits per heavy atom. The number of benzene rings is 1. The first kappa shape index (κ1) is 8.26. The Morgan fingerprint density at radius 3 is 1.83 bits per heavy atom. The van der Waals surface area contributed by atoms with Gasteiger partial charge in [0.25, 0.3) is 0 Å². The predicted octanol–water partition coefficient (Wildman–Crippen LogP) is -0.315. The highest BCUT2D eigenvalue weighted by Crippen LogP contribution is 2.02. The maximum atomic E-state index is 10.6. The second kappa shape index (κ2) is 3.04. The molecule has 0 fully saturated rings. The van der Waals surface area contributed by atoms with Crippen molar-refractivity contribution in [3.63, 3.8) is 0 Å². The van der Waals surface area contributed by atoms with Crippen LogP contribution in [0.25, 0.3) is 0 Å². The molecule has 61 valence electrons. The summed E-state index contributed by atoms with van der Waals surface area (Å²) in [5.74, 6) is -1.20. The van der Waals surface area contributed by atoms with Crippen LogP contribution in [0.5, 0.6) is 0 Å². The van der Waals surface area contributed by atoms with Crippen molar-refractivity contribution in [2.75, 3.05) is 0 Å². The lowest BCUT2D eigenvalue weighted by molar-refractivity contribution is 0.0999. The standard InChI is InChI=1S/C8H7N2O2/c9-7(11)5-2-1-3-6(4-5)8(10)12/h2-4H,(H2,9,11)(H2,10,12). The number of amides is 2. The average molecular weight is 163 g/mol. The van der Waals surface area contributed by atoms with Crippen LogP contribution < -0.4 is 11.5 Å². The van der Waals surface area contributed by atoms with Gasteiger partial charge in [0.2, 0.25) is 11.8 Å². The molecule has 4 N–H and O–H groups in total. The highest BCUT2D eigenvalue weighted by Gasteiger charge is 2.04. The number of carbonyl (C=O) groups excluding carboxylic acids is 2. The molecular weight excluding hydrogens is 156 g/mol. The van der Waals surface area contributed by atoms with E-state index in [1.54, 1.807) is 0 Å². The van der Waals surface area contributed by atoms with Crippen LogP contribution in [0.15, 0.2) is 18.2 Å². The molecule has 4 heteroatoms. The molecule has 1 rings (SSSR count). The van der Waals surface area contributed by atoms with Crippen molar-refractivity contribution in [1.82, 2.24) is 0 Å². The summed E-state index contributed by atoms with van der Waals surface area (Å²) in [6.45, 7) is 0. The third kappa shape index (κ3) is 1.60. The van der Waals surface area contributed by atoms with Crippen LogP contribution in [0.3, 0.4) is 0 Å². The first-order valence-electron chi connectivity index (χ1n) is 3.22. The minimum Gasteiger partial charge on any atom is -0.366 e. The molecule has 0 aliphatic carbocycles. The van der Waals surface area contributed by atoms with Crippen LogP contribution in [-0.4, -0.2) is 11.8 Å². The lowest BCUT2D eigenvalue weighted by Crippen LogP contribution is -2.15. The summed E-state index contributed by atoms with van der Waals surface area (Å²) in [4.78, 5) is 21.3. The van der Waals surface area contributed by atoms with Crippen molar-refractivity contribution >= 4 is 11.8 Å². The highest BCUT2D eigenvalue weighted by molar-refractivity contribution is 5.98. The van der Waals surface area contributed by atoms with E-state index < -0.39 is 11.8 Å². The monoisotopic (exact) mass is 163 g/mol. The lowest BCUT2D eigenvalue weighted by atomic mass is 10.1. The molecule has 0 spiro atoms. The van der Waals surface area contributed by atoms with Crippen LogP contribution in [0, 0.1) is 6.07 Å². The van der Waals surface area contributed by atoms with Crippen LogP contribution in [0.4, 0.5) is 0 Å². The van der Waals surface area contributed by atoms with Gasteiger partial charge >= 0.3 is 0 Å². The first-order valence-corrected chi connectivity index (χ1v) is 3.22. The number of hydrogen-bond acceptors (Lipinski definition) is 2. The lowest BCUT2D eigenvalue weighted by Gasteiger charge is -1.96. The molecule has 1 radical (unpaired) electrons. The summed E-state index contributed by atoms with van der Waals surface area (Å²) in [6.07, 6.45) is 0. The van der Waals surface area contributed by atoms with E-state index in [1.807, 2.05) is 0 Å². The molecule has 0 aliphatic rings. The number of hydrogen-bond donors (Lipinski definition) is 2. The minimum atomic E-state index is -0.602. The van der Waals surface area contributed by atoms with E-state index in [-0.39, 0.29) is 11.1 Å². The normalized spacial score (nSPS) is 9.33. The van der Waals surface area contributed by atoms with Crippen molar-refractivity contribution in [2.24, 2.45) is 11.5 Å². The molecule has 12 heavy (non-hydrogen) atoms. The van der Waals surface area contributed by atoms with Crippen molar-refractivity contribution in [3.8, 4) is 0 Å². The predicted molar refractivity (Wildman–Crippen MR) is 42.3 cm³/mol. The Morgan fingerprint density at radius 2 is 1.50 bits per heavy atom. The molecule has 0 bridgehead atoms. The van der Waals surface area contributed by atoms with Gasteiger partial charge < -0.3 is 11.5 Å². The zero-order valence-corrected chi connectivity index (χ0v) is 6.20.